The second-order valence-electron chi connectivity index (χ2n) is 6.56. The van der Waals surface area contributed by atoms with Crippen LogP contribution in [0.15, 0.2) is 63.3 Å². The number of carbonyl (C=O) groups is 1. The molecule has 1 N–H and O–H groups in total. The summed E-state index contributed by atoms with van der Waals surface area (Å²) in [6.45, 7) is 0.580. The number of methoxy groups -OCH3 is 2. The number of hydrogen-bond donors (Lipinski definition) is 1. The molecule has 30 heavy (non-hydrogen) atoms. The van der Waals surface area contributed by atoms with Crippen LogP contribution in [-0.4, -0.2) is 31.0 Å². The fraction of sp³-hybridized carbons (Fsp3) is 0.182. The number of rotatable bonds is 6. The summed E-state index contributed by atoms with van der Waals surface area (Å²) in [6, 6.07) is 8.30. The lowest BCUT2D eigenvalue weighted by atomic mass is 10.1. The van der Waals surface area contributed by atoms with Gasteiger partial charge in [-0.05, 0) is 41.6 Å². The maximum atomic E-state index is 13.1. The third-order valence-corrected chi connectivity index (χ3v) is 5.50. The maximum Gasteiger partial charge on any atom is 0.226 e. The van der Waals surface area contributed by atoms with Gasteiger partial charge in [0, 0.05) is 37.0 Å². The van der Waals surface area contributed by atoms with E-state index in [2.05, 4.69) is 5.32 Å². The summed E-state index contributed by atoms with van der Waals surface area (Å²) in [5.74, 6) is 0.768. The number of benzene rings is 2. The Hall–Kier alpha value is -3.39. The summed E-state index contributed by atoms with van der Waals surface area (Å²) in [5, 5.41) is 5.49. The van der Waals surface area contributed by atoms with Crippen LogP contribution in [0.5, 0.6) is 11.5 Å². The minimum atomic E-state index is -0.233. The molecule has 0 spiro atoms. The number of carbonyl (C=O) groups excluding carboxylic acids is 1. The van der Waals surface area contributed by atoms with E-state index in [1.807, 2.05) is 28.1 Å². The standard InChI is InChI=1S/C22H20N2O5S/c1-27-15-12-18(28-2)21-19(13-15)29-17-6-5-14(11-16(17)22(21)26)23-20(25)7-9-24-8-3-4-10-30-24/h3-6,8,10-13H,7,9H2,1-2H3,(H,23,25). The second-order valence-corrected chi connectivity index (χ2v) is 7.51. The topological polar surface area (TPSA) is 81.0 Å². The number of hydrogen-bond acceptors (Lipinski definition) is 7. The Morgan fingerprint density at radius 1 is 1.13 bits per heavy atom. The molecule has 0 fully saturated rings. The van der Waals surface area contributed by atoms with E-state index >= 15 is 0 Å². The van der Waals surface area contributed by atoms with Crippen molar-refractivity contribution in [3.63, 3.8) is 0 Å². The zero-order valence-electron chi connectivity index (χ0n) is 16.5. The summed E-state index contributed by atoms with van der Waals surface area (Å²) in [6.07, 6.45) is 6.11. The van der Waals surface area contributed by atoms with Gasteiger partial charge in [0.15, 0.2) is 0 Å². The third-order valence-electron chi connectivity index (χ3n) is 4.65. The normalized spacial score (nSPS) is 13.1. The van der Waals surface area contributed by atoms with Crippen molar-refractivity contribution in [3.8, 4) is 11.5 Å². The van der Waals surface area contributed by atoms with Crippen molar-refractivity contribution in [2.45, 2.75) is 6.42 Å². The van der Waals surface area contributed by atoms with Crippen LogP contribution < -0.4 is 20.2 Å². The molecule has 2 aromatic carbocycles. The monoisotopic (exact) mass is 424 g/mol. The van der Waals surface area contributed by atoms with E-state index in [1.54, 1.807) is 30.3 Å². The van der Waals surface area contributed by atoms with Gasteiger partial charge in [-0.15, -0.1) is 0 Å². The Kier molecular flexibility index (Phi) is 5.67. The number of ether oxygens (including phenoxy) is 2. The quantitative estimate of drug-likeness (QED) is 0.467. The molecule has 2 heterocycles. The fourth-order valence-electron chi connectivity index (χ4n) is 3.18. The molecule has 1 aromatic heterocycles. The molecule has 0 radical (unpaired) electrons. The molecule has 0 aliphatic carbocycles. The molecule has 0 unspecified atom stereocenters. The minimum absolute atomic E-state index is 0.134. The highest BCUT2D eigenvalue weighted by Crippen LogP contribution is 2.31. The van der Waals surface area contributed by atoms with Crippen molar-refractivity contribution in [2.75, 3.05) is 26.1 Å². The van der Waals surface area contributed by atoms with Crippen molar-refractivity contribution in [3.05, 3.63) is 64.3 Å². The average Bonchev–Trinajstić information content (AvgIpc) is 2.78. The Balaban J connectivity index is 1.61. The first-order valence-corrected chi connectivity index (χ1v) is 10.1. The lowest BCUT2D eigenvalue weighted by molar-refractivity contribution is -0.116. The van der Waals surface area contributed by atoms with Crippen LogP contribution in [0.3, 0.4) is 0 Å². The first-order valence-electron chi connectivity index (χ1n) is 9.28. The lowest BCUT2D eigenvalue weighted by Gasteiger charge is -2.18. The molecule has 8 heteroatoms. The molecule has 1 aliphatic rings. The smallest absolute Gasteiger partial charge is 0.226 e. The number of fused-ring (bicyclic) bond motifs is 2. The largest absolute Gasteiger partial charge is 0.496 e. The van der Waals surface area contributed by atoms with Crippen LogP contribution in [0, 0.1) is 0 Å². The van der Waals surface area contributed by atoms with Crippen molar-refractivity contribution >= 4 is 45.5 Å². The molecule has 0 saturated carbocycles. The molecule has 154 valence electrons. The predicted octanol–water partition coefficient (Wildman–Crippen LogP) is 4.28. The fourth-order valence-corrected chi connectivity index (χ4v) is 3.83. The summed E-state index contributed by atoms with van der Waals surface area (Å²) < 4.78 is 18.5. The van der Waals surface area contributed by atoms with Gasteiger partial charge >= 0.3 is 0 Å². The highest BCUT2D eigenvalue weighted by molar-refractivity contribution is 8.00. The second kappa shape index (κ2) is 8.54. The number of nitrogens with zero attached hydrogens (tertiary/aromatic N) is 1. The Morgan fingerprint density at radius 3 is 2.73 bits per heavy atom. The van der Waals surface area contributed by atoms with Crippen molar-refractivity contribution < 1.29 is 18.7 Å². The van der Waals surface area contributed by atoms with Crippen LogP contribution >= 0.6 is 11.9 Å². The van der Waals surface area contributed by atoms with Gasteiger partial charge in [-0.2, -0.15) is 0 Å². The molecule has 1 amide bonds. The number of allylic oxidation sites excluding steroid dienone is 2. The van der Waals surface area contributed by atoms with E-state index in [1.165, 1.54) is 26.2 Å². The lowest BCUT2D eigenvalue weighted by Crippen LogP contribution is -2.19. The van der Waals surface area contributed by atoms with Crippen LogP contribution in [0.1, 0.15) is 6.42 Å². The van der Waals surface area contributed by atoms with Gasteiger partial charge in [0.25, 0.3) is 0 Å². The predicted molar refractivity (Wildman–Crippen MR) is 119 cm³/mol. The molecular weight excluding hydrogens is 404 g/mol. The van der Waals surface area contributed by atoms with E-state index in [4.69, 9.17) is 13.9 Å². The molecule has 0 atom stereocenters. The van der Waals surface area contributed by atoms with E-state index in [0.717, 1.165) is 0 Å². The van der Waals surface area contributed by atoms with Gasteiger partial charge in [0.2, 0.25) is 11.3 Å². The van der Waals surface area contributed by atoms with E-state index in [0.29, 0.717) is 52.1 Å². The van der Waals surface area contributed by atoms with Gasteiger partial charge in [-0.25, -0.2) is 0 Å². The van der Waals surface area contributed by atoms with E-state index < -0.39 is 0 Å². The van der Waals surface area contributed by atoms with Crippen molar-refractivity contribution in [1.82, 2.24) is 4.31 Å². The summed E-state index contributed by atoms with van der Waals surface area (Å²) in [4.78, 5) is 25.5. The first-order chi connectivity index (χ1) is 14.6. The summed E-state index contributed by atoms with van der Waals surface area (Å²) >= 11 is 1.53. The van der Waals surface area contributed by atoms with E-state index in [9.17, 15) is 9.59 Å². The Labute approximate surface area is 177 Å². The Morgan fingerprint density at radius 2 is 2.00 bits per heavy atom. The summed E-state index contributed by atoms with van der Waals surface area (Å²) in [7, 11) is 3.02. The molecule has 3 aromatic rings. The van der Waals surface area contributed by atoms with Crippen LogP contribution in [-0.2, 0) is 4.79 Å². The van der Waals surface area contributed by atoms with Crippen molar-refractivity contribution in [2.24, 2.45) is 0 Å². The number of anilines is 1. The number of nitrogens with one attached hydrogen (secondary N) is 1. The van der Waals surface area contributed by atoms with Gasteiger partial charge in [-0.3, -0.25) is 9.59 Å². The van der Waals surface area contributed by atoms with Crippen LogP contribution in [0.25, 0.3) is 21.9 Å². The average molecular weight is 424 g/mol. The Bertz CT molecular complexity index is 1230. The first kappa shape index (κ1) is 19.9. The van der Waals surface area contributed by atoms with Gasteiger partial charge in [0.1, 0.15) is 28.1 Å². The van der Waals surface area contributed by atoms with E-state index in [-0.39, 0.29) is 11.3 Å². The highest BCUT2D eigenvalue weighted by Gasteiger charge is 2.15. The molecule has 4 rings (SSSR count). The SMILES string of the molecule is COc1cc(OC)c2c(=O)c3cc(NC(=O)CCN4C=CC=CS4)ccc3oc2c1. The minimum Gasteiger partial charge on any atom is -0.496 e. The van der Waals surface area contributed by atoms with Gasteiger partial charge in [0.05, 0.1) is 19.6 Å². The van der Waals surface area contributed by atoms with Crippen LogP contribution in [0.4, 0.5) is 5.69 Å². The van der Waals surface area contributed by atoms with Crippen molar-refractivity contribution in [1.29, 1.82) is 0 Å². The maximum absolute atomic E-state index is 13.1. The van der Waals surface area contributed by atoms with Gasteiger partial charge < -0.3 is 23.5 Å². The highest BCUT2D eigenvalue weighted by atomic mass is 32.2. The zero-order valence-corrected chi connectivity index (χ0v) is 17.3. The molecule has 0 saturated heterocycles. The van der Waals surface area contributed by atoms with Crippen LogP contribution in [0.2, 0.25) is 0 Å². The number of amides is 1. The zero-order chi connectivity index (χ0) is 21.1. The molecular formula is C22H20N2O5S. The third kappa shape index (κ3) is 3.99. The molecule has 7 nitrogen and oxygen atoms in total. The molecule has 0 bridgehead atoms. The summed E-state index contributed by atoms with van der Waals surface area (Å²) in [5.41, 5.74) is 1.10. The molecule has 1 aliphatic heterocycles. The van der Waals surface area contributed by atoms with Gasteiger partial charge in [-0.1, -0.05) is 6.08 Å².